The number of esters is 4. The Morgan fingerprint density at radius 2 is 1.39 bits per heavy atom. The first-order valence-electron chi connectivity index (χ1n) is 14.9. The monoisotopic (exact) mass is 679 g/mol. The Labute approximate surface area is 278 Å². The van der Waals surface area contributed by atoms with E-state index in [-0.39, 0.29) is 38.0 Å². The highest BCUT2D eigenvalue weighted by molar-refractivity contribution is 6.42. The van der Waals surface area contributed by atoms with Gasteiger partial charge in [-0.05, 0) is 47.6 Å². The van der Waals surface area contributed by atoms with E-state index in [2.05, 4.69) is 0 Å². The summed E-state index contributed by atoms with van der Waals surface area (Å²) in [6.45, 7) is 4.90. The molecule has 0 aliphatic heterocycles. The molecule has 2 aromatic rings. The summed E-state index contributed by atoms with van der Waals surface area (Å²) in [5.74, 6) is -2.93. The molecular weight excluding hydrogens is 641 g/mol. The molecule has 0 N–H and O–H groups in total. The van der Waals surface area contributed by atoms with Crippen LogP contribution in [0.15, 0.2) is 42.5 Å². The van der Waals surface area contributed by atoms with Crippen molar-refractivity contribution in [2.24, 2.45) is 5.92 Å². The maximum Gasteiger partial charge on any atom is 0.413 e. The van der Waals surface area contributed by atoms with Gasteiger partial charge in [-0.3, -0.25) is 19.2 Å². The molecule has 13 heteroatoms. The van der Waals surface area contributed by atoms with Gasteiger partial charge in [-0.25, -0.2) is 4.79 Å². The van der Waals surface area contributed by atoms with Gasteiger partial charge in [-0.2, -0.15) is 0 Å². The number of benzene rings is 2. The second-order valence-electron chi connectivity index (χ2n) is 11.2. The van der Waals surface area contributed by atoms with Gasteiger partial charge >= 0.3 is 30.0 Å². The van der Waals surface area contributed by atoms with Crippen molar-refractivity contribution in [2.45, 2.75) is 77.7 Å². The Hall–Kier alpha value is -3.83. The van der Waals surface area contributed by atoms with Crippen LogP contribution in [0.5, 0.6) is 0 Å². The molecule has 0 spiro atoms. The molecular formula is C33H39Cl2NO10. The molecule has 1 aliphatic rings. The number of halogens is 2. The van der Waals surface area contributed by atoms with Crippen molar-refractivity contribution in [1.29, 1.82) is 0 Å². The van der Waals surface area contributed by atoms with Gasteiger partial charge in [-0.15, -0.1) is 0 Å². The van der Waals surface area contributed by atoms with Crippen LogP contribution in [0.1, 0.15) is 82.0 Å². The van der Waals surface area contributed by atoms with E-state index in [1.165, 1.54) is 25.7 Å². The fourth-order valence-electron chi connectivity index (χ4n) is 5.27. The van der Waals surface area contributed by atoms with Gasteiger partial charge < -0.3 is 28.6 Å². The lowest BCUT2D eigenvalue weighted by atomic mass is 9.76. The minimum atomic E-state index is -1.18. The molecule has 0 bridgehead atoms. The molecule has 0 saturated carbocycles. The number of carbonyl (C=O) groups excluding carboxylic acids is 5. The van der Waals surface area contributed by atoms with Crippen LogP contribution in [0.2, 0.25) is 10.0 Å². The van der Waals surface area contributed by atoms with Gasteiger partial charge in [0.25, 0.3) is 0 Å². The number of hydrogen-bond donors (Lipinski definition) is 0. The number of ether oxygens (including phenoxy) is 5. The van der Waals surface area contributed by atoms with Crippen LogP contribution >= 0.6 is 23.2 Å². The van der Waals surface area contributed by atoms with Crippen LogP contribution in [-0.4, -0.2) is 67.5 Å². The molecule has 1 aliphatic carbocycles. The van der Waals surface area contributed by atoms with E-state index in [4.69, 9.17) is 46.9 Å². The molecule has 250 valence electrons. The quantitative estimate of drug-likeness (QED) is 0.133. The van der Waals surface area contributed by atoms with Crippen molar-refractivity contribution in [1.82, 2.24) is 4.90 Å². The molecule has 0 radical (unpaired) electrons. The molecule has 0 fully saturated rings. The number of amides is 1. The summed E-state index contributed by atoms with van der Waals surface area (Å²) >= 11 is 12.4. The lowest BCUT2D eigenvalue weighted by Crippen LogP contribution is -2.37. The topological polar surface area (TPSA) is 135 Å². The number of nitrogens with zero attached hydrogens (tertiary/aromatic N) is 1. The maximum atomic E-state index is 13.1. The van der Waals surface area contributed by atoms with E-state index >= 15 is 0 Å². The van der Waals surface area contributed by atoms with Gasteiger partial charge in [0, 0.05) is 46.6 Å². The van der Waals surface area contributed by atoms with E-state index in [0.29, 0.717) is 16.5 Å². The normalized spacial score (nSPS) is 16.8. The molecule has 46 heavy (non-hydrogen) atoms. The Morgan fingerprint density at radius 3 is 1.98 bits per heavy atom. The predicted molar refractivity (Wildman–Crippen MR) is 168 cm³/mol. The minimum absolute atomic E-state index is 0.0828. The first-order chi connectivity index (χ1) is 21.7. The van der Waals surface area contributed by atoms with Crippen LogP contribution in [0, 0.1) is 5.92 Å². The zero-order chi connectivity index (χ0) is 34.0. The summed E-state index contributed by atoms with van der Waals surface area (Å²) in [5, 5.41) is 0.972. The van der Waals surface area contributed by atoms with E-state index < -0.39 is 48.3 Å². The third kappa shape index (κ3) is 10.9. The molecule has 1 amide bonds. The third-order valence-corrected chi connectivity index (χ3v) is 8.14. The summed E-state index contributed by atoms with van der Waals surface area (Å²) in [5.41, 5.74) is 3.10. The summed E-state index contributed by atoms with van der Waals surface area (Å²) in [7, 11) is 1.64. The van der Waals surface area contributed by atoms with Crippen molar-refractivity contribution in [3.63, 3.8) is 0 Å². The van der Waals surface area contributed by atoms with Crippen LogP contribution in [0.3, 0.4) is 0 Å². The predicted octanol–water partition coefficient (Wildman–Crippen LogP) is 6.37. The fraction of sp³-hybridized carbons (Fsp3) is 0.485. The fourth-order valence-corrected chi connectivity index (χ4v) is 5.57. The lowest BCUT2D eigenvalue weighted by Gasteiger charge is -2.36. The van der Waals surface area contributed by atoms with Crippen molar-refractivity contribution in [2.75, 3.05) is 20.3 Å². The molecule has 11 nitrogen and oxygen atoms in total. The van der Waals surface area contributed by atoms with Gasteiger partial charge in [-0.1, -0.05) is 60.5 Å². The number of rotatable bonds is 13. The van der Waals surface area contributed by atoms with Crippen molar-refractivity contribution in [3.8, 4) is 0 Å². The number of carbonyl (C=O) groups is 5. The van der Waals surface area contributed by atoms with Crippen LogP contribution in [0.4, 0.5) is 4.79 Å². The van der Waals surface area contributed by atoms with Crippen LogP contribution in [-0.2, 0) is 42.9 Å². The number of fused-ring (bicyclic) bond motifs is 1. The molecule has 0 saturated heterocycles. The smallest absolute Gasteiger partial charge is 0.413 e. The van der Waals surface area contributed by atoms with Gasteiger partial charge in [0.05, 0.1) is 16.1 Å². The van der Waals surface area contributed by atoms with Gasteiger partial charge in [0.2, 0.25) is 6.29 Å². The van der Waals surface area contributed by atoms with Crippen molar-refractivity contribution < 1.29 is 47.7 Å². The van der Waals surface area contributed by atoms with Crippen molar-refractivity contribution in [3.05, 3.63) is 69.2 Å². The van der Waals surface area contributed by atoms with E-state index in [1.54, 1.807) is 20.0 Å². The van der Waals surface area contributed by atoms with Gasteiger partial charge in [0.15, 0.2) is 6.10 Å². The Kier molecular flexibility index (Phi) is 13.7. The van der Waals surface area contributed by atoms with E-state index in [1.807, 2.05) is 36.4 Å². The third-order valence-electron chi connectivity index (χ3n) is 7.40. The average molecular weight is 681 g/mol. The highest BCUT2D eigenvalue weighted by atomic mass is 35.5. The summed E-state index contributed by atoms with van der Waals surface area (Å²) in [4.78, 5) is 61.8. The SMILES string of the molecule is CC(=O)OCC(COC(C)=O)OC(=O)CC(C)CC(=O)OC(C)OC(=O)N(C)[C@H]1CC[C@@H](c2ccc(Cl)c(Cl)c2)c2ccccc21. The molecule has 4 atom stereocenters. The zero-order valence-electron chi connectivity index (χ0n) is 26.5. The first-order valence-corrected chi connectivity index (χ1v) is 15.6. The molecule has 0 aromatic heterocycles. The van der Waals surface area contributed by atoms with E-state index in [9.17, 15) is 24.0 Å². The maximum absolute atomic E-state index is 13.1. The average Bonchev–Trinajstić information content (AvgIpc) is 2.98. The van der Waals surface area contributed by atoms with Crippen LogP contribution in [0.25, 0.3) is 0 Å². The second-order valence-corrected chi connectivity index (χ2v) is 12.0. The first kappa shape index (κ1) is 36.6. The zero-order valence-corrected chi connectivity index (χ0v) is 28.0. The minimum Gasteiger partial charge on any atom is -0.462 e. The Balaban J connectivity index is 1.51. The molecule has 0 heterocycles. The molecule has 3 rings (SSSR count). The second kappa shape index (κ2) is 17.2. The lowest BCUT2D eigenvalue weighted by molar-refractivity contribution is -0.169. The van der Waals surface area contributed by atoms with Crippen molar-refractivity contribution >= 4 is 53.2 Å². The van der Waals surface area contributed by atoms with Gasteiger partial charge in [0.1, 0.15) is 13.2 Å². The summed E-state index contributed by atoms with van der Waals surface area (Å²) < 4.78 is 25.7. The molecule has 2 aromatic carbocycles. The van der Waals surface area contributed by atoms with Crippen LogP contribution < -0.4 is 0 Å². The summed E-state index contributed by atoms with van der Waals surface area (Å²) in [6.07, 6.45) is -1.72. The highest BCUT2D eigenvalue weighted by Crippen LogP contribution is 2.44. The standard InChI is InChI=1S/C33H39Cl2NO10/c1-19(15-32(40)46-24(17-42-20(2)37)18-43-21(3)38)14-31(39)44-22(4)45-33(41)36(5)30-13-11-25(26-8-6-7-9-27(26)30)23-10-12-28(34)29(35)16-23/h6-10,12,16,19,22,24-25,30H,11,13-15,17-18H2,1-5H3/t19?,22?,25-,30-/m0/s1. The largest absolute Gasteiger partial charge is 0.462 e. The Morgan fingerprint density at radius 1 is 0.804 bits per heavy atom. The Bertz CT molecular complexity index is 1400. The summed E-state index contributed by atoms with van der Waals surface area (Å²) in [6, 6.07) is 13.2. The molecule has 2 unspecified atom stereocenters. The number of hydrogen-bond acceptors (Lipinski definition) is 10. The highest BCUT2D eigenvalue weighted by Gasteiger charge is 2.33. The van der Waals surface area contributed by atoms with E-state index in [0.717, 1.165) is 23.1 Å².